The molecule has 1 heterocycles. The third-order valence-corrected chi connectivity index (χ3v) is 4.70. The van der Waals surface area contributed by atoms with Crippen LogP contribution < -0.4 is 20.5 Å². The van der Waals surface area contributed by atoms with Crippen LogP contribution in [0.5, 0.6) is 5.75 Å². The number of ether oxygens (including phenoxy) is 1. The van der Waals surface area contributed by atoms with E-state index in [2.05, 4.69) is 10.9 Å². The molecule has 3 rings (SSSR count). The number of nitrogens with zero attached hydrogens (tertiary/aromatic N) is 1. The molecule has 2 aromatic carbocycles. The van der Waals surface area contributed by atoms with Crippen LogP contribution in [0, 0.1) is 5.92 Å². The fourth-order valence-electron chi connectivity index (χ4n) is 3.01. The zero-order valence-electron chi connectivity index (χ0n) is 15.3. The van der Waals surface area contributed by atoms with Crippen molar-refractivity contribution in [2.75, 3.05) is 18.1 Å². The Morgan fingerprint density at radius 2 is 1.86 bits per heavy atom. The quantitative estimate of drug-likeness (QED) is 0.754. The Bertz CT molecular complexity index is 903. The number of halogens is 1. The van der Waals surface area contributed by atoms with Crippen molar-refractivity contribution in [2.45, 2.75) is 13.3 Å². The summed E-state index contributed by atoms with van der Waals surface area (Å²) in [5.74, 6) is -1.14. The summed E-state index contributed by atoms with van der Waals surface area (Å²) in [6.45, 7) is 2.54. The van der Waals surface area contributed by atoms with Crippen LogP contribution in [0.15, 0.2) is 48.5 Å². The first-order chi connectivity index (χ1) is 13.5. The number of amides is 3. The van der Waals surface area contributed by atoms with E-state index in [-0.39, 0.29) is 29.5 Å². The number of benzene rings is 2. The lowest BCUT2D eigenvalue weighted by atomic mass is 10.1. The normalized spacial score (nSPS) is 16.0. The van der Waals surface area contributed by atoms with Gasteiger partial charge in [-0.25, -0.2) is 0 Å². The first kappa shape index (κ1) is 19.7. The minimum atomic E-state index is -0.589. The lowest BCUT2D eigenvalue weighted by Gasteiger charge is -2.20. The van der Waals surface area contributed by atoms with Crippen molar-refractivity contribution in [3.63, 3.8) is 0 Å². The summed E-state index contributed by atoms with van der Waals surface area (Å²) in [7, 11) is 0. The lowest BCUT2D eigenvalue weighted by Crippen LogP contribution is -2.45. The van der Waals surface area contributed by atoms with Gasteiger partial charge in [0.2, 0.25) is 11.8 Å². The second-order valence-corrected chi connectivity index (χ2v) is 6.64. The van der Waals surface area contributed by atoms with Gasteiger partial charge >= 0.3 is 0 Å². The SMILES string of the molecule is CCOc1ccccc1N1C[C@H](C(=O)NNC(=O)c2ccccc2Cl)CC1=O. The number of rotatable bonds is 5. The monoisotopic (exact) mass is 401 g/mol. The molecule has 0 aromatic heterocycles. The van der Waals surface area contributed by atoms with Gasteiger partial charge in [0.1, 0.15) is 5.75 Å². The highest BCUT2D eigenvalue weighted by atomic mass is 35.5. The largest absolute Gasteiger partial charge is 0.492 e. The molecule has 8 heteroatoms. The van der Waals surface area contributed by atoms with E-state index in [4.69, 9.17) is 16.3 Å². The van der Waals surface area contributed by atoms with E-state index in [9.17, 15) is 14.4 Å². The molecular weight excluding hydrogens is 382 g/mol. The molecule has 1 fully saturated rings. The second-order valence-electron chi connectivity index (χ2n) is 6.23. The summed E-state index contributed by atoms with van der Waals surface area (Å²) < 4.78 is 5.57. The van der Waals surface area contributed by atoms with E-state index < -0.39 is 17.7 Å². The van der Waals surface area contributed by atoms with Gasteiger partial charge in [-0.05, 0) is 31.2 Å². The molecule has 1 aliphatic rings. The fraction of sp³-hybridized carbons (Fsp3) is 0.250. The van der Waals surface area contributed by atoms with E-state index >= 15 is 0 Å². The highest BCUT2D eigenvalue weighted by Crippen LogP contribution is 2.33. The zero-order valence-corrected chi connectivity index (χ0v) is 16.0. The predicted molar refractivity (Wildman–Crippen MR) is 105 cm³/mol. The Morgan fingerprint density at radius 1 is 1.14 bits per heavy atom. The van der Waals surface area contributed by atoms with Gasteiger partial charge in [0, 0.05) is 13.0 Å². The molecule has 3 amide bonds. The van der Waals surface area contributed by atoms with E-state index in [0.717, 1.165) is 0 Å². The van der Waals surface area contributed by atoms with Crippen molar-refractivity contribution in [3.8, 4) is 5.75 Å². The molecular formula is C20H20ClN3O4. The van der Waals surface area contributed by atoms with Crippen molar-refractivity contribution in [1.29, 1.82) is 0 Å². The molecule has 0 radical (unpaired) electrons. The number of nitrogens with one attached hydrogen (secondary N) is 2. The number of hydrazine groups is 1. The molecule has 0 saturated carbocycles. The minimum absolute atomic E-state index is 0.0499. The fourth-order valence-corrected chi connectivity index (χ4v) is 3.23. The third-order valence-electron chi connectivity index (χ3n) is 4.37. The number of anilines is 1. The highest BCUT2D eigenvalue weighted by molar-refractivity contribution is 6.33. The molecule has 146 valence electrons. The average Bonchev–Trinajstić information content (AvgIpc) is 3.08. The number of para-hydroxylation sites is 2. The molecule has 2 N–H and O–H groups in total. The van der Waals surface area contributed by atoms with Gasteiger partial charge in [-0.1, -0.05) is 35.9 Å². The topological polar surface area (TPSA) is 87.7 Å². The van der Waals surface area contributed by atoms with Crippen LogP contribution in [-0.2, 0) is 9.59 Å². The number of hydrogen-bond donors (Lipinski definition) is 2. The van der Waals surface area contributed by atoms with Crippen molar-refractivity contribution in [2.24, 2.45) is 5.92 Å². The smallest absolute Gasteiger partial charge is 0.271 e. The van der Waals surface area contributed by atoms with Gasteiger partial charge < -0.3 is 9.64 Å². The Kier molecular flexibility index (Phi) is 6.16. The first-order valence-electron chi connectivity index (χ1n) is 8.88. The van der Waals surface area contributed by atoms with Crippen LogP contribution in [-0.4, -0.2) is 30.9 Å². The number of carbonyl (C=O) groups is 3. The number of hydrogen-bond acceptors (Lipinski definition) is 4. The Hall–Kier alpha value is -3.06. The van der Waals surface area contributed by atoms with Crippen LogP contribution in [0.1, 0.15) is 23.7 Å². The van der Waals surface area contributed by atoms with Gasteiger partial charge in [-0.15, -0.1) is 0 Å². The standard InChI is InChI=1S/C20H20ClN3O4/c1-2-28-17-10-6-5-9-16(17)24-12-13(11-18(24)25)19(26)22-23-20(27)14-7-3-4-8-15(14)21/h3-10,13H,2,11-12H2,1H3,(H,22,26)(H,23,27)/t13-/m1/s1. The summed E-state index contributed by atoms with van der Waals surface area (Å²) in [5, 5.41) is 0.281. The lowest BCUT2D eigenvalue weighted by molar-refractivity contribution is -0.126. The summed E-state index contributed by atoms with van der Waals surface area (Å²) in [6, 6.07) is 13.7. The molecule has 0 aliphatic carbocycles. The van der Waals surface area contributed by atoms with Gasteiger partial charge in [-0.3, -0.25) is 25.2 Å². The molecule has 0 spiro atoms. The summed E-state index contributed by atoms with van der Waals surface area (Å²) >= 11 is 5.97. The summed E-state index contributed by atoms with van der Waals surface area (Å²) in [4.78, 5) is 38.5. The van der Waals surface area contributed by atoms with Gasteiger partial charge in [0.05, 0.1) is 28.8 Å². The summed E-state index contributed by atoms with van der Waals surface area (Å²) in [6.07, 6.45) is 0.0499. The Balaban J connectivity index is 1.63. The highest BCUT2D eigenvalue weighted by Gasteiger charge is 2.36. The Labute approximate surface area is 167 Å². The van der Waals surface area contributed by atoms with Gasteiger partial charge in [0.15, 0.2) is 0 Å². The van der Waals surface area contributed by atoms with E-state index in [1.165, 1.54) is 4.90 Å². The summed E-state index contributed by atoms with van der Waals surface area (Å²) in [5.41, 5.74) is 5.59. The van der Waals surface area contributed by atoms with Crippen LogP contribution in [0.3, 0.4) is 0 Å². The molecule has 0 bridgehead atoms. The second kappa shape index (κ2) is 8.75. The Morgan fingerprint density at radius 3 is 2.61 bits per heavy atom. The van der Waals surface area contributed by atoms with E-state index in [1.54, 1.807) is 36.4 Å². The van der Waals surface area contributed by atoms with Crippen molar-refractivity contribution in [1.82, 2.24) is 10.9 Å². The maximum Gasteiger partial charge on any atom is 0.271 e. The molecule has 2 aromatic rings. The van der Waals surface area contributed by atoms with Crippen LogP contribution in [0.2, 0.25) is 5.02 Å². The molecule has 1 aliphatic heterocycles. The maximum atomic E-state index is 12.4. The number of carbonyl (C=O) groups excluding carboxylic acids is 3. The van der Waals surface area contributed by atoms with Crippen molar-refractivity contribution in [3.05, 3.63) is 59.1 Å². The zero-order chi connectivity index (χ0) is 20.1. The van der Waals surface area contributed by atoms with E-state index in [1.807, 2.05) is 19.1 Å². The maximum absolute atomic E-state index is 12.4. The average molecular weight is 402 g/mol. The van der Waals surface area contributed by atoms with Crippen LogP contribution in [0.4, 0.5) is 5.69 Å². The van der Waals surface area contributed by atoms with Gasteiger partial charge in [-0.2, -0.15) is 0 Å². The van der Waals surface area contributed by atoms with Crippen molar-refractivity contribution >= 4 is 35.0 Å². The molecule has 0 unspecified atom stereocenters. The minimum Gasteiger partial charge on any atom is -0.492 e. The van der Waals surface area contributed by atoms with Crippen LogP contribution >= 0.6 is 11.6 Å². The third kappa shape index (κ3) is 4.26. The first-order valence-corrected chi connectivity index (χ1v) is 9.26. The predicted octanol–water partition coefficient (Wildman–Crippen LogP) is 2.55. The van der Waals surface area contributed by atoms with E-state index in [0.29, 0.717) is 18.0 Å². The molecule has 1 atom stereocenters. The van der Waals surface area contributed by atoms with Crippen LogP contribution in [0.25, 0.3) is 0 Å². The molecule has 7 nitrogen and oxygen atoms in total. The molecule has 28 heavy (non-hydrogen) atoms. The molecule has 1 saturated heterocycles. The van der Waals surface area contributed by atoms with Gasteiger partial charge in [0.25, 0.3) is 5.91 Å². The van der Waals surface area contributed by atoms with Crippen molar-refractivity contribution < 1.29 is 19.1 Å².